The number of nitrogens with one attached hydrogen (secondary N) is 1. The predicted octanol–water partition coefficient (Wildman–Crippen LogP) is 5.27. The third-order valence-corrected chi connectivity index (χ3v) is 6.46. The first-order chi connectivity index (χ1) is 17.0. The minimum Gasteiger partial charge on any atom is -0.488 e. The number of H-pyrrole nitrogens is 1. The molecule has 4 heterocycles. The molecule has 1 aliphatic heterocycles. The van der Waals surface area contributed by atoms with Crippen LogP contribution >= 0.6 is 11.6 Å². The van der Waals surface area contributed by atoms with E-state index >= 15 is 0 Å². The lowest BCUT2D eigenvalue weighted by molar-refractivity contribution is 0.305. The number of imidazole rings is 1. The van der Waals surface area contributed by atoms with Crippen molar-refractivity contribution < 1.29 is 13.7 Å². The zero-order chi connectivity index (χ0) is 24.1. The highest BCUT2D eigenvalue weighted by Gasteiger charge is 2.24. The van der Waals surface area contributed by atoms with Crippen molar-refractivity contribution in [2.45, 2.75) is 20.0 Å². The molecule has 6 rings (SSSR count). The Morgan fingerprint density at radius 1 is 1.17 bits per heavy atom. The maximum atomic E-state index is 14.1. The van der Waals surface area contributed by atoms with E-state index in [1.165, 1.54) is 12.1 Å². The van der Waals surface area contributed by atoms with Gasteiger partial charge >= 0.3 is 5.76 Å². The molecule has 0 saturated carbocycles. The molecule has 0 spiro atoms. The first kappa shape index (κ1) is 21.4. The molecule has 0 atom stereocenters. The SMILES string of the molecule is C/C(=C1\c2ccc(Cc3c(Cl)nc4ccccn34)cc2COc2cc(F)ccc21)c1noc(=O)[nH]1. The van der Waals surface area contributed by atoms with Crippen LogP contribution in [0.5, 0.6) is 5.75 Å². The van der Waals surface area contributed by atoms with Crippen LogP contribution < -0.4 is 10.5 Å². The zero-order valence-corrected chi connectivity index (χ0v) is 19.3. The monoisotopic (exact) mass is 488 g/mol. The Morgan fingerprint density at radius 3 is 2.86 bits per heavy atom. The standard InChI is InChI=1S/C26H18ClFN4O3/c1-14(25-30-26(33)35-31-25)23-18-7-5-15(11-20-24(27)29-22-4-2-3-9-32(20)22)10-16(18)13-34-21-12-17(28)6-8-19(21)23/h2-10,12H,11,13H2,1H3,(H,30,31,33)/b23-14-. The number of aromatic nitrogens is 4. The summed E-state index contributed by atoms with van der Waals surface area (Å²) >= 11 is 6.45. The Labute approximate surface area is 203 Å². The van der Waals surface area contributed by atoms with Crippen LogP contribution in [0.3, 0.4) is 0 Å². The Hall–Kier alpha value is -4.17. The number of hydrogen-bond donors (Lipinski definition) is 1. The van der Waals surface area contributed by atoms with Crippen molar-refractivity contribution in [1.29, 1.82) is 0 Å². The van der Waals surface area contributed by atoms with E-state index in [0.717, 1.165) is 33.6 Å². The fourth-order valence-corrected chi connectivity index (χ4v) is 4.77. The smallest absolute Gasteiger partial charge is 0.439 e. The van der Waals surface area contributed by atoms with Gasteiger partial charge in [-0.15, -0.1) is 0 Å². The van der Waals surface area contributed by atoms with Gasteiger partial charge in [0, 0.05) is 29.8 Å². The number of halogens is 2. The van der Waals surface area contributed by atoms with Crippen LogP contribution in [0.1, 0.15) is 40.7 Å². The summed E-state index contributed by atoms with van der Waals surface area (Å²) in [5.74, 6) is -0.336. The van der Waals surface area contributed by atoms with Crippen molar-refractivity contribution >= 4 is 28.4 Å². The van der Waals surface area contributed by atoms with E-state index in [2.05, 4.69) is 21.2 Å². The Kier molecular flexibility index (Phi) is 5.04. The third kappa shape index (κ3) is 3.72. The van der Waals surface area contributed by atoms with Crippen LogP contribution in [0, 0.1) is 5.82 Å². The number of rotatable bonds is 3. The van der Waals surface area contributed by atoms with Gasteiger partial charge in [0.1, 0.15) is 23.8 Å². The van der Waals surface area contributed by atoms with Crippen LogP contribution in [-0.2, 0) is 13.0 Å². The first-order valence-corrected chi connectivity index (χ1v) is 11.3. The average Bonchev–Trinajstić information content (AvgIpc) is 3.37. The van der Waals surface area contributed by atoms with Crippen molar-refractivity contribution in [2.75, 3.05) is 0 Å². The van der Waals surface area contributed by atoms with Crippen LogP contribution in [0.25, 0.3) is 16.8 Å². The van der Waals surface area contributed by atoms with Gasteiger partial charge in [0.25, 0.3) is 0 Å². The Balaban J connectivity index is 1.49. The molecule has 174 valence electrons. The summed E-state index contributed by atoms with van der Waals surface area (Å²) in [6.45, 7) is 2.07. The first-order valence-electron chi connectivity index (χ1n) is 10.9. The maximum absolute atomic E-state index is 14.1. The summed E-state index contributed by atoms with van der Waals surface area (Å²) < 4.78 is 26.8. The summed E-state index contributed by atoms with van der Waals surface area (Å²) in [6.07, 6.45) is 2.50. The van der Waals surface area contributed by atoms with Gasteiger partial charge in [0.15, 0.2) is 11.0 Å². The number of pyridine rings is 1. The van der Waals surface area contributed by atoms with E-state index in [4.69, 9.17) is 20.9 Å². The van der Waals surface area contributed by atoms with Crippen molar-refractivity contribution in [3.05, 3.63) is 116 Å². The van der Waals surface area contributed by atoms with Crippen LogP contribution in [0.2, 0.25) is 5.15 Å². The molecule has 3 aromatic heterocycles. The molecule has 0 unspecified atom stereocenters. The molecule has 0 radical (unpaired) electrons. The van der Waals surface area contributed by atoms with E-state index in [-0.39, 0.29) is 6.61 Å². The minimum atomic E-state index is -0.648. The van der Waals surface area contributed by atoms with Gasteiger partial charge in [-0.2, -0.15) is 0 Å². The molecular weight excluding hydrogens is 471 g/mol. The fraction of sp³-hybridized carbons (Fsp3) is 0.115. The number of nitrogens with zero attached hydrogens (tertiary/aromatic N) is 3. The molecule has 0 fully saturated rings. The van der Waals surface area contributed by atoms with E-state index in [1.54, 1.807) is 6.07 Å². The number of allylic oxidation sites excluding steroid dienone is 1. The quantitative estimate of drug-likeness (QED) is 0.374. The molecule has 0 saturated heterocycles. The average molecular weight is 489 g/mol. The number of ether oxygens (including phenoxy) is 1. The molecule has 1 N–H and O–H groups in total. The molecule has 0 bridgehead atoms. The van der Waals surface area contributed by atoms with Gasteiger partial charge in [-0.25, -0.2) is 14.2 Å². The normalized spacial score (nSPS) is 14.3. The number of fused-ring (bicyclic) bond motifs is 3. The summed E-state index contributed by atoms with van der Waals surface area (Å²) in [5, 5.41) is 4.31. The van der Waals surface area contributed by atoms with Gasteiger partial charge in [0.2, 0.25) is 0 Å². The van der Waals surface area contributed by atoms with Crippen molar-refractivity contribution in [3.8, 4) is 5.75 Å². The largest absolute Gasteiger partial charge is 0.488 e. The van der Waals surface area contributed by atoms with E-state index in [0.29, 0.717) is 34.3 Å². The number of aromatic amines is 1. The fourth-order valence-electron chi connectivity index (χ4n) is 4.53. The summed E-state index contributed by atoms with van der Waals surface area (Å²) in [7, 11) is 0. The maximum Gasteiger partial charge on any atom is 0.439 e. The van der Waals surface area contributed by atoms with Gasteiger partial charge in [0.05, 0.1) is 5.69 Å². The molecule has 9 heteroatoms. The Bertz CT molecular complexity index is 1700. The lowest BCUT2D eigenvalue weighted by atomic mass is 9.89. The Morgan fingerprint density at radius 2 is 2.03 bits per heavy atom. The van der Waals surface area contributed by atoms with Crippen molar-refractivity contribution in [2.24, 2.45) is 0 Å². The van der Waals surface area contributed by atoms with E-state index < -0.39 is 11.6 Å². The van der Waals surface area contributed by atoms with Crippen LogP contribution in [-0.4, -0.2) is 19.5 Å². The number of benzene rings is 2. The van der Waals surface area contributed by atoms with E-state index in [9.17, 15) is 9.18 Å². The molecule has 0 amide bonds. The predicted molar refractivity (Wildman–Crippen MR) is 129 cm³/mol. The lowest BCUT2D eigenvalue weighted by Crippen LogP contribution is -2.01. The molecule has 35 heavy (non-hydrogen) atoms. The van der Waals surface area contributed by atoms with E-state index in [1.807, 2.05) is 47.9 Å². The van der Waals surface area contributed by atoms with Crippen LogP contribution in [0.4, 0.5) is 4.39 Å². The number of hydrogen-bond acceptors (Lipinski definition) is 5. The minimum absolute atomic E-state index is 0.243. The second-order valence-electron chi connectivity index (χ2n) is 8.32. The van der Waals surface area contributed by atoms with Gasteiger partial charge in [-0.1, -0.05) is 41.0 Å². The third-order valence-electron chi connectivity index (χ3n) is 6.16. The topological polar surface area (TPSA) is 85.4 Å². The van der Waals surface area contributed by atoms with Gasteiger partial charge < -0.3 is 9.14 Å². The summed E-state index contributed by atoms with van der Waals surface area (Å²) in [4.78, 5) is 18.6. The van der Waals surface area contributed by atoms with Crippen molar-refractivity contribution in [3.63, 3.8) is 0 Å². The van der Waals surface area contributed by atoms with Crippen LogP contribution in [0.15, 0.2) is 70.1 Å². The molecule has 1 aliphatic rings. The van der Waals surface area contributed by atoms with Crippen molar-refractivity contribution in [1.82, 2.24) is 19.5 Å². The lowest BCUT2D eigenvalue weighted by Gasteiger charge is -2.14. The zero-order valence-electron chi connectivity index (χ0n) is 18.5. The summed E-state index contributed by atoms with van der Waals surface area (Å²) in [6, 6.07) is 16.2. The molecule has 7 nitrogen and oxygen atoms in total. The molecular formula is C26H18ClFN4O3. The van der Waals surface area contributed by atoms with Gasteiger partial charge in [-0.3, -0.25) is 9.51 Å². The molecule has 2 aromatic carbocycles. The highest BCUT2D eigenvalue weighted by Crippen LogP contribution is 2.41. The second-order valence-corrected chi connectivity index (χ2v) is 8.68. The second kappa shape index (κ2) is 8.25. The highest BCUT2D eigenvalue weighted by molar-refractivity contribution is 6.30. The highest BCUT2D eigenvalue weighted by atomic mass is 35.5. The molecule has 5 aromatic rings. The van der Waals surface area contributed by atoms with Gasteiger partial charge in [-0.05, 0) is 53.5 Å². The molecule has 0 aliphatic carbocycles. The summed E-state index contributed by atoms with van der Waals surface area (Å²) in [5.41, 5.74) is 6.63.